The quantitative estimate of drug-likeness (QED) is 0.565. The van der Waals surface area contributed by atoms with E-state index in [9.17, 15) is 9.59 Å². The molecular weight excluding hydrogens is 368 g/mol. The number of nitrogens with one attached hydrogen (secondary N) is 3. The fourth-order valence-electron chi connectivity index (χ4n) is 2.79. The third kappa shape index (κ3) is 4.08. The average molecular weight is 389 g/mol. The van der Waals surface area contributed by atoms with Crippen LogP contribution in [0, 0.1) is 6.92 Å². The lowest BCUT2D eigenvalue weighted by molar-refractivity contribution is -0.125. The molecule has 0 saturated carbocycles. The minimum atomic E-state index is -0.673. The molecule has 1 aromatic carbocycles. The van der Waals surface area contributed by atoms with Crippen LogP contribution in [-0.4, -0.2) is 34.1 Å². The molecule has 0 fully saturated rings. The van der Waals surface area contributed by atoms with Crippen molar-refractivity contribution in [3.05, 3.63) is 41.7 Å². The molecule has 26 heavy (non-hydrogen) atoms. The van der Waals surface area contributed by atoms with Crippen LogP contribution in [0.1, 0.15) is 18.2 Å². The number of rotatable bonds is 6. The van der Waals surface area contributed by atoms with Gasteiger partial charge in [0.05, 0.1) is 9.90 Å². The van der Waals surface area contributed by atoms with Gasteiger partial charge in [0.1, 0.15) is 6.04 Å². The summed E-state index contributed by atoms with van der Waals surface area (Å²) in [6.45, 7) is 3.32. The molecule has 1 atom stereocenters. The maximum atomic E-state index is 12.7. The molecule has 0 radical (unpaired) electrons. The number of anilines is 1. The number of hydrogen-bond acceptors (Lipinski definition) is 5. The van der Waals surface area contributed by atoms with Crippen molar-refractivity contribution >= 4 is 50.9 Å². The number of benzene rings is 1. The zero-order valence-electron chi connectivity index (χ0n) is 14.8. The minimum absolute atomic E-state index is 0.245. The van der Waals surface area contributed by atoms with Crippen LogP contribution < -0.4 is 10.6 Å². The number of fused-ring (bicyclic) bond motifs is 1. The molecular formula is C18H20N4O2S2. The number of nitrogens with zero attached hydrogens (tertiary/aromatic N) is 1. The van der Waals surface area contributed by atoms with Gasteiger partial charge < -0.3 is 15.6 Å². The Morgan fingerprint density at radius 1 is 1.35 bits per heavy atom. The SMILES string of the molecule is CSc1sc(NC(=O)C(Cc2c[nH]c3ccccc23)NC(C)=O)nc1C. The first-order chi connectivity index (χ1) is 12.5. The molecule has 0 aliphatic rings. The van der Waals surface area contributed by atoms with Crippen LogP contribution in [0.2, 0.25) is 0 Å². The molecule has 0 aliphatic carbocycles. The van der Waals surface area contributed by atoms with Crippen LogP contribution in [0.15, 0.2) is 34.7 Å². The number of aryl methyl sites for hydroxylation is 1. The lowest BCUT2D eigenvalue weighted by Gasteiger charge is -2.16. The number of aromatic nitrogens is 2. The third-order valence-corrected chi connectivity index (χ3v) is 6.25. The Morgan fingerprint density at radius 3 is 2.81 bits per heavy atom. The zero-order valence-corrected chi connectivity index (χ0v) is 16.4. The number of aromatic amines is 1. The van der Waals surface area contributed by atoms with Crippen molar-refractivity contribution in [2.24, 2.45) is 0 Å². The first-order valence-corrected chi connectivity index (χ1v) is 10.2. The summed E-state index contributed by atoms with van der Waals surface area (Å²) in [4.78, 5) is 31.9. The van der Waals surface area contributed by atoms with Gasteiger partial charge in [-0.3, -0.25) is 9.59 Å². The summed E-state index contributed by atoms with van der Waals surface area (Å²) < 4.78 is 1.06. The van der Waals surface area contributed by atoms with E-state index in [1.807, 2.05) is 43.6 Å². The third-order valence-electron chi connectivity index (χ3n) is 3.96. The molecule has 6 nitrogen and oxygen atoms in total. The Labute approximate surface area is 159 Å². The van der Waals surface area contributed by atoms with E-state index in [0.717, 1.165) is 26.4 Å². The molecule has 136 valence electrons. The van der Waals surface area contributed by atoms with E-state index < -0.39 is 6.04 Å². The van der Waals surface area contributed by atoms with Crippen molar-refractivity contribution in [2.45, 2.75) is 30.5 Å². The normalized spacial score (nSPS) is 12.1. The van der Waals surface area contributed by atoms with Gasteiger partial charge in [0.25, 0.3) is 0 Å². The molecule has 3 N–H and O–H groups in total. The summed E-state index contributed by atoms with van der Waals surface area (Å²) in [6, 6.07) is 7.21. The number of carbonyl (C=O) groups excluding carboxylic acids is 2. The second-order valence-corrected chi connectivity index (χ2v) is 7.98. The summed E-state index contributed by atoms with van der Waals surface area (Å²) in [5.41, 5.74) is 2.88. The van der Waals surface area contributed by atoms with Crippen LogP contribution >= 0.6 is 23.1 Å². The fraction of sp³-hybridized carbons (Fsp3) is 0.278. The highest BCUT2D eigenvalue weighted by molar-refractivity contribution is 8.00. The van der Waals surface area contributed by atoms with Crippen molar-refractivity contribution < 1.29 is 9.59 Å². The van der Waals surface area contributed by atoms with Gasteiger partial charge in [0, 0.05) is 30.4 Å². The van der Waals surface area contributed by atoms with Gasteiger partial charge in [-0.05, 0) is 24.8 Å². The van der Waals surface area contributed by atoms with Crippen LogP contribution in [0.5, 0.6) is 0 Å². The summed E-state index contributed by atoms with van der Waals surface area (Å²) in [7, 11) is 0. The lowest BCUT2D eigenvalue weighted by atomic mass is 10.0. The lowest BCUT2D eigenvalue weighted by Crippen LogP contribution is -2.44. The number of para-hydroxylation sites is 1. The molecule has 3 rings (SSSR count). The van der Waals surface area contributed by atoms with E-state index in [2.05, 4.69) is 20.6 Å². The van der Waals surface area contributed by atoms with Crippen molar-refractivity contribution in [3.8, 4) is 0 Å². The number of amides is 2. The highest BCUT2D eigenvalue weighted by Crippen LogP contribution is 2.30. The summed E-state index contributed by atoms with van der Waals surface area (Å²) in [6.07, 6.45) is 4.25. The molecule has 2 heterocycles. The Balaban J connectivity index is 1.80. The van der Waals surface area contributed by atoms with Gasteiger partial charge in [-0.15, -0.1) is 11.8 Å². The Bertz CT molecular complexity index is 948. The Hall–Kier alpha value is -2.32. The first-order valence-electron chi connectivity index (χ1n) is 8.12. The van der Waals surface area contributed by atoms with Gasteiger partial charge in [-0.1, -0.05) is 29.5 Å². The molecule has 0 spiro atoms. The monoisotopic (exact) mass is 388 g/mol. The summed E-state index contributed by atoms with van der Waals surface area (Å²) in [5.74, 6) is -0.517. The van der Waals surface area contributed by atoms with E-state index in [4.69, 9.17) is 0 Å². The molecule has 3 aromatic rings. The van der Waals surface area contributed by atoms with E-state index in [0.29, 0.717) is 11.6 Å². The van der Waals surface area contributed by atoms with E-state index in [-0.39, 0.29) is 11.8 Å². The fourth-order valence-corrected chi connectivity index (χ4v) is 4.41. The van der Waals surface area contributed by atoms with Crippen LogP contribution in [0.4, 0.5) is 5.13 Å². The van der Waals surface area contributed by atoms with Crippen molar-refractivity contribution in [3.63, 3.8) is 0 Å². The largest absolute Gasteiger partial charge is 0.361 e. The van der Waals surface area contributed by atoms with Crippen molar-refractivity contribution in [1.29, 1.82) is 0 Å². The van der Waals surface area contributed by atoms with Gasteiger partial charge in [0.15, 0.2) is 5.13 Å². The Kier molecular flexibility index (Phi) is 5.63. The van der Waals surface area contributed by atoms with E-state index in [1.165, 1.54) is 18.3 Å². The number of thiazole rings is 1. The van der Waals surface area contributed by atoms with Gasteiger partial charge >= 0.3 is 0 Å². The molecule has 8 heteroatoms. The van der Waals surface area contributed by atoms with Crippen LogP contribution in [0.3, 0.4) is 0 Å². The number of carbonyl (C=O) groups is 2. The van der Waals surface area contributed by atoms with Gasteiger partial charge in [-0.25, -0.2) is 4.98 Å². The molecule has 0 aliphatic heterocycles. The molecule has 1 unspecified atom stereocenters. The molecule has 2 aromatic heterocycles. The minimum Gasteiger partial charge on any atom is -0.361 e. The van der Waals surface area contributed by atoms with Crippen LogP contribution in [0.25, 0.3) is 10.9 Å². The highest BCUT2D eigenvalue weighted by atomic mass is 32.2. The molecule has 0 bridgehead atoms. The van der Waals surface area contributed by atoms with Gasteiger partial charge in [-0.2, -0.15) is 0 Å². The standard InChI is InChI=1S/C18H20N4O2S2/c1-10-17(25-3)26-18(20-10)22-16(24)15(21-11(2)23)8-12-9-19-14-7-5-4-6-13(12)14/h4-7,9,15,19H,8H2,1-3H3,(H,21,23)(H,20,22,24). The number of thioether (sulfide) groups is 1. The van der Waals surface area contributed by atoms with Gasteiger partial charge in [0.2, 0.25) is 11.8 Å². The molecule has 0 saturated heterocycles. The number of hydrogen-bond donors (Lipinski definition) is 3. The van der Waals surface area contributed by atoms with Crippen molar-refractivity contribution in [1.82, 2.24) is 15.3 Å². The van der Waals surface area contributed by atoms with Crippen LogP contribution in [-0.2, 0) is 16.0 Å². The second kappa shape index (κ2) is 7.92. The predicted octanol–water partition coefficient (Wildman–Crippen LogP) is 3.34. The number of H-pyrrole nitrogens is 1. The topological polar surface area (TPSA) is 86.9 Å². The molecule has 2 amide bonds. The van der Waals surface area contributed by atoms with E-state index >= 15 is 0 Å². The maximum absolute atomic E-state index is 12.7. The zero-order chi connectivity index (χ0) is 18.7. The smallest absolute Gasteiger partial charge is 0.249 e. The van der Waals surface area contributed by atoms with Crippen molar-refractivity contribution in [2.75, 3.05) is 11.6 Å². The summed E-state index contributed by atoms with van der Waals surface area (Å²) >= 11 is 3.03. The summed E-state index contributed by atoms with van der Waals surface area (Å²) in [5, 5.41) is 7.17. The van der Waals surface area contributed by atoms with E-state index in [1.54, 1.807) is 11.8 Å². The second-order valence-electron chi connectivity index (χ2n) is 5.90. The predicted molar refractivity (Wildman–Crippen MR) is 107 cm³/mol. The highest BCUT2D eigenvalue weighted by Gasteiger charge is 2.23. The first kappa shape index (κ1) is 18.5. The average Bonchev–Trinajstić information content (AvgIpc) is 3.17. The Morgan fingerprint density at radius 2 is 2.12 bits per heavy atom. The maximum Gasteiger partial charge on any atom is 0.249 e.